The zero-order valence-corrected chi connectivity index (χ0v) is 11.6. The van der Waals surface area contributed by atoms with Crippen molar-refractivity contribution in [3.63, 3.8) is 0 Å². The van der Waals surface area contributed by atoms with Crippen molar-refractivity contribution < 1.29 is 15.0 Å². The van der Waals surface area contributed by atoms with E-state index in [1.165, 1.54) is 0 Å². The molecule has 0 saturated heterocycles. The molecule has 0 aliphatic rings. The summed E-state index contributed by atoms with van der Waals surface area (Å²) in [5, 5.41) is 18.0. The third kappa shape index (κ3) is 15.1. The van der Waals surface area contributed by atoms with Gasteiger partial charge in [-0.1, -0.05) is 24.1 Å². The van der Waals surface area contributed by atoms with Crippen LogP contribution in [0.4, 0.5) is 0 Å². The van der Waals surface area contributed by atoms with Crippen LogP contribution in [0.15, 0.2) is 24.3 Å². The Morgan fingerprint density at radius 3 is 2.52 bits per heavy atom. The van der Waals surface area contributed by atoms with Crippen LogP contribution in [0.25, 0.3) is 0 Å². The van der Waals surface area contributed by atoms with E-state index in [9.17, 15) is 9.90 Å². The van der Waals surface area contributed by atoms with Gasteiger partial charge in [0.2, 0.25) is 0 Å². The van der Waals surface area contributed by atoms with Gasteiger partial charge in [0.15, 0.2) is 0 Å². The fourth-order valence-electron chi connectivity index (χ4n) is 1.23. The number of hydrogen-bond acceptors (Lipinski definition) is 2. The van der Waals surface area contributed by atoms with Crippen LogP contribution >= 0.6 is 0 Å². The average molecular weight is 280 g/mol. The minimum absolute atomic E-state index is 0.138. The summed E-state index contributed by atoms with van der Waals surface area (Å²) in [7, 11) is 0. The summed E-state index contributed by atoms with van der Waals surface area (Å²) in [6, 6.07) is 0. The number of carbonyl (C=O) groups is 1. The molecule has 3 nitrogen and oxygen atoms in total. The Kier molecular flexibility index (Phi) is 11.7. The molecule has 0 amide bonds. The van der Waals surface area contributed by atoms with Gasteiger partial charge in [0.05, 0.1) is 6.10 Å². The molecular weight excluding hydrogens is 264 g/mol. The van der Waals surface area contributed by atoms with Crippen molar-refractivity contribution in [2.75, 3.05) is 0 Å². The van der Waals surface area contributed by atoms with Crippen LogP contribution in [0, 0.1) is 47.9 Å². The van der Waals surface area contributed by atoms with Gasteiger partial charge >= 0.3 is 5.97 Å². The molecule has 2 N–H and O–H groups in total. The lowest BCUT2D eigenvalue weighted by molar-refractivity contribution is -0.137. The average Bonchev–Trinajstić information content (AvgIpc) is 2.45. The monoisotopic (exact) mass is 280 g/mol. The Bertz CT molecular complexity index is 599. The minimum atomic E-state index is -0.810. The summed E-state index contributed by atoms with van der Waals surface area (Å²) in [4.78, 5) is 10.3. The number of allylic oxidation sites excluding steroid dienone is 3. The third-order valence-corrected chi connectivity index (χ3v) is 2.16. The molecule has 0 fully saturated rings. The van der Waals surface area contributed by atoms with Crippen molar-refractivity contribution in [1.29, 1.82) is 0 Å². The summed E-state index contributed by atoms with van der Waals surface area (Å²) in [5.41, 5.74) is 0. The number of aliphatic carboxylic acids is 1. The molecule has 1 unspecified atom stereocenters. The highest BCUT2D eigenvalue weighted by atomic mass is 16.4. The second-order valence-electron chi connectivity index (χ2n) is 3.86. The van der Waals surface area contributed by atoms with Crippen LogP contribution in [0.1, 0.15) is 25.7 Å². The summed E-state index contributed by atoms with van der Waals surface area (Å²) < 4.78 is 0. The molecule has 0 aromatic carbocycles. The summed E-state index contributed by atoms with van der Waals surface area (Å²) >= 11 is 0. The number of unbranched alkanes of at least 4 members (excludes halogenated alkanes) is 1. The van der Waals surface area contributed by atoms with Gasteiger partial charge in [0.1, 0.15) is 0 Å². The Morgan fingerprint density at radius 2 is 1.81 bits per heavy atom. The van der Waals surface area contributed by atoms with E-state index >= 15 is 0 Å². The molecule has 0 rings (SSSR count). The zero-order chi connectivity index (χ0) is 15.8. The lowest BCUT2D eigenvalue weighted by Crippen LogP contribution is -2.02. The Balaban J connectivity index is 3.90. The van der Waals surface area contributed by atoms with Gasteiger partial charge in [-0.15, -0.1) is 6.42 Å². The van der Waals surface area contributed by atoms with Crippen LogP contribution < -0.4 is 0 Å². The third-order valence-electron chi connectivity index (χ3n) is 2.16. The first-order valence-electron chi connectivity index (χ1n) is 6.36. The van der Waals surface area contributed by atoms with Gasteiger partial charge in [0.25, 0.3) is 0 Å². The molecule has 0 bridgehead atoms. The second-order valence-corrected chi connectivity index (χ2v) is 3.86. The Hall–Kier alpha value is -2.85. The number of aliphatic hydroxyl groups excluding tert-OH is 1. The maximum Gasteiger partial charge on any atom is 0.303 e. The Labute approximate surface area is 125 Å². The van der Waals surface area contributed by atoms with E-state index in [4.69, 9.17) is 11.5 Å². The van der Waals surface area contributed by atoms with Gasteiger partial charge in [-0.25, -0.2) is 0 Å². The molecule has 0 aromatic rings. The van der Waals surface area contributed by atoms with Gasteiger partial charge in [-0.05, 0) is 60.9 Å². The minimum Gasteiger partial charge on any atom is -0.481 e. The maximum absolute atomic E-state index is 10.3. The Morgan fingerprint density at radius 1 is 1.10 bits per heavy atom. The first-order valence-corrected chi connectivity index (χ1v) is 6.36. The fourth-order valence-corrected chi connectivity index (χ4v) is 1.23. The smallest absolute Gasteiger partial charge is 0.303 e. The highest BCUT2D eigenvalue weighted by Crippen LogP contribution is 2.04. The van der Waals surface area contributed by atoms with Crippen molar-refractivity contribution in [3.05, 3.63) is 24.3 Å². The van der Waals surface area contributed by atoms with Crippen LogP contribution in [0.3, 0.4) is 0 Å². The molecule has 0 radical (unpaired) electrons. The van der Waals surface area contributed by atoms with Gasteiger partial charge in [0, 0.05) is 6.42 Å². The van der Waals surface area contributed by atoms with E-state index in [0.29, 0.717) is 19.3 Å². The van der Waals surface area contributed by atoms with E-state index in [-0.39, 0.29) is 6.42 Å². The SMILES string of the molecule is C#CC#CC#CC#C/C=C/C=CC(O)CCCCC(=O)O. The molecular formula is C18H16O3. The fraction of sp³-hybridized carbons (Fsp3) is 0.278. The number of carboxylic acid groups (broad SMARTS) is 1. The van der Waals surface area contributed by atoms with Crippen molar-refractivity contribution >= 4 is 5.97 Å². The van der Waals surface area contributed by atoms with Gasteiger partial charge in [-0.3, -0.25) is 4.79 Å². The largest absolute Gasteiger partial charge is 0.481 e. The van der Waals surface area contributed by atoms with Crippen molar-refractivity contribution in [2.45, 2.75) is 31.8 Å². The van der Waals surface area contributed by atoms with E-state index in [1.807, 2.05) is 0 Å². The summed E-state index contributed by atoms with van der Waals surface area (Å²) in [6.45, 7) is 0. The standard InChI is InChI=1S/C18H16O3/c1-2-3-4-5-6-7-8-9-10-11-14-17(19)15-12-13-16-18(20)21/h1,9-11,14,17,19H,12-13,15-16H2,(H,20,21)/b10-9+,14-11?. The molecule has 0 aliphatic heterocycles. The second kappa shape index (κ2) is 13.6. The van der Waals surface area contributed by atoms with Crippen molar-refractivity contribution in [2.24, 2.45) is 0 Å². The molecule has 3 heteroatoms. The van der Waals surface area contributed by atoms with Crippen LogP contribution in [-0.4, -0.2) is 22.3 Å². The first kappa shape index (κ1) is 18.1. The van der Waals surface area contributed by atoms with E-state index in [0.717, 1.165) is 0 Å². The van der Waals surface area contributed by atoms with Gasteiger partial charge in [-0.2, -0.15) is 0 Å². The zero-order valence-electron chi connectivity index (χ0n) is 11.6. The predicted octanol–water partition coefficient (Wildman–Crippen LogP) is 1.75. The molecule has 0 heterocycles. The number of rotatable bonds is 7. The molecule has 0 aromatic heterocycles. The van der Waals surface area contributed by atoms with Crippen LogP contribution in [0.5, 0.6) is 0 Å². The highest BCUT2D eigenvalue weighted by Gasteiger charge is 2.00. The van der Waals surface area contributed by atoms with Gasteiger partial charge < -0.3 is 10.2 Å². The normalized spacial score (nSPS) is 10.5. The molecule has 1 atom stereocenters. The maximum atomic E-state index is 10.3. The quantitative estimate of drug-likeness (QED) is 0.424. The highest BCUT2D eigenvalue weighted by molar-refractivity contribution is 5.66. The number of carboxylic acids is 1. The van der Waals surface area contributed by atoms with Crippen LogP contribution in [-0.2, 0) is 4.79 Å². The summed E-state index contributed by atoms with van der Waals surface area (Å²) in [6.07, 6.45) is 12.9. The first-order chi connectivity index (χ1) is 10.2. The van der Waals surface area contributed by atoms with E-state index in [1.54, 1.807) is 24.3 Å². The molecule has 0 spiro atoms. The predicted molar refractivity (Wildman–Crippen MR) is 82.6 cm³/mol. The van der Waals surface area contributed by atoms with E-state index in [2.05, 4.69) is 41.4 Å². The van der Waals surface area contributed by atoms with E-state index < -0.39 is 12.1 Å². The molecule has 0 saturated carbocycles. The number of hydrogen-bond donors (Lipinski definition) is 2. The lowest BCUT2D eigenvalue weighted by Gasteiger charge is -2.03. The summed E-state index contributed by atoms with van der Waals surface area (Å²) in [5.74, 6) is 16.3. The number of aliphatic hydroxyl groups is 1. The number of terminal acetylenes is 1. The lowest BCUT2D eigenvalue weighted by atomic mass is 10.1. The topological polar surface area (TPSA) is 57.5 Å². The molecule has 21 heavy (non-hydrogen) atoms. The molecule has 0 aliphatic carbocycles. The van der Waals surface area contributed by atoms with Crippen molar-refractivity contribution in [3.8, 4) is 47.9 Å². The van der Waals surface area contributed by atoms with Crippen molar-refractivity contribution in [1.82, 2.24) is 0 Å². The molecule has 106 valence electrons. The van der Waals surface area contributed by atoms with Crippen LogP contribution in [0.2, 0.25) is 0 Å².